The second-order valence-corrected chi connectivity index (χ2v) is 6.43. The summed E-state index contributed by atoms with van der Waals surface area (Å²) in [6.07, 6.45) is 1.78. The molecule has 140 valence electrons. The lowest BCUT2D eigenvalue weighted by atomic mass is 10.0. The Bertz CT molecular complexity index is 1090. The van der Waals surface area contributed by atoms with E-state index in [2.05, 4.69) is 22.4 Å². The van der Waals surface area contributed by atoms with Gasteiger partial charge in [0.15, 0.2) is 0 Å². The number of nitrogens with zero attached hydrogens (tertiary/aromatic N) is 1. The number of benzene rings is 2. The molecule has 5 heteroatoms. The number of hydrogen-bond acceptors (Lipinski definition) is 5. The lowest BCUT2D eigenvalue weighted by molar-refractivity contribution is 0.414. The van der Waals surface area contributed by atoms with E-state index in [0.717, 1.165) is 22.2 Å². The van der Waals surface area contributed by atoms with Gasteiger partial charge in [-0.05, 0) is 35.4 Å². The van der Waals surface area contributed by atoms with Crippen molar-refractivity contribution in [1.82, 2.24) is 10.3 Å². The topological polar surface area (TPSA) is 64.4 Å². The highest BCUT2D eigenvalue weighted by atomic mass is 16.5. The molecule has 2 heterocycles. The van der Waals surface area contributed by atoms with Crippen LogP contribution in [0.15, 0.2) is 88.2 Å². The third-order valence-corrected chi connectivity index (χ3v) is 4.65. The van der Waals surface area contributed by atoms with E-state index in [1.165, 1.54) is 6.07 Å². The maximum atomic E-state index is 12.0. The van der Waals surface area contributed by atoms with Crippen molar-refractivity contribution in [2.75, 3.05) is 7.11 Å². The summed E-state index contributed by atoms with van der Waals surface area (Å²) in [6.45, 7) is 0.491. The number of methoxy groups -OCH3 is 1. The molecule has 0 bridgehead atoms. The van der Waals surface area contributed by atoms with Crippen LogP contribution in [0.25, 0.3) is 11.0 Å². The molecular weight excluding hydrogens is 352 g/mol. The smallest absolute Gasteiger partial charge is 0.336 e. The number of ether oxygens (including phenoxy) is 1. The largest absolute Gasteiger partial charge is 0.497 e. The van der Waals surface area contributed by atoms with E-state index in [9.17, 15) is 4.79 Å². The van der Waals surface area contributed by atoms with Crippen molar-refractivity contribution in [3.63, 3.8) is 0 Å². The molecule has 4 aromatic rings. The Hall–Kier alpha value is -3.44. The molecule has 4 rings (SSSR count). The number of fused-ring (bicyclic) bond motifs is 1. The van der Waals surface area contributed by atoms with Gasteiger partial charge in [0.2, 0.25) is 0 Å². The third-order valence-electron chi connectivity index (χ3n) is 4.65. The van der Waals surface area contributed by atoms with Crippen molar-refractivity contribution >= 4 is 11.0 Å². The molecule has 2 aromatic heterocycles. The average Bonchev–Trinajstić information content (AvgIpc) is 2.74. The Balaban J connectivity index is 1.69. The number of aromatic nitrogens is 1. The first kappa shape index (κ1) is 17.9. The number of rotatable bonds is 6. The molecule has 28 heavy (non-hydrogen) atoms. The number of hydrogen-bond donors (Lipinski definition) is 1. The first-order chi connectivity index (χ1) is 13.7. The minimum absolute atomic E-state index is 0.0945. The molecule has 0 saturated carbocycles. The molecule has 0 fully saturated rings. The summed E-state index contributed by atoms with van der Waals surface area (Å²) < 4.78 is 10.6. The fourth-order valence-electron chi connectivity index (χ4n) is 3.28. The molecule has 2 aromatic carbocycles. The average molecular weight is 372 g/mol. The van der Waals surface area contributed by atoms with Gasteiger partial charge in [0.25, 0.3) is 0 Å². The van der Waals surface area contributed by atoms with Gasteiger partial charge >= 0.3 is 5.63 Å². The number of nitrogens with one attached hydrogen (secondary N) is 1. The van der Waals surface area contributed by atoms with Crippen LogP contribution in [0.1, 0.15) is 22.9 Å². The van der Waals surface area contributed by atoms with Gasteiger partial charge in [-0.3, -0.25) is 4.98 Å². The van der Waals surface area contributed by atoms with E-state index in [0.29, 0.717) is 17.9 Å². The van der Waals surface area contributed by atoms with Crippen molar-refractivity contribution in [3.8, 4) is 5.75 Å². The van der Waals surface area contributed by atoms with Crippen LogP contribution < -0.4 is 15.7 Å². The summed E-state index contributed by atoms with van der Waals surface area (Å²) in [7, 11) is 1.59. The van der Waals surface area contributed by atoms with Gasteiger partial charge in [-0.25, -0.2) is 4.79 Å². The van der Waals surface area contributed by atoms with Crippen LogP contribution in [0, 0.1) is 0 Å². The van der Waals surface area contributed by atoms with E-state index < -0.39 is 0 Å². The highest BCUT2D eigenvalue weighted by Crippen LogP contribution is 2.24. The molecule has 0 aliphatic rings. The van der Waals surface area contributed by atoms with Crippen molar-refractivity contribution in [1.29, 1.82) is 0 Å². The van der Waals surface area contributed by atoms with Gasteiger partial charge in [-0.15, -0.1) is 0 Å². The first-order valence-electron chi connectivity index (χ1n) is 9.04. The zero-order chi connectivity index (χ0) is 19.3. The number of pyridine rings is 1. The van der Waals surface area contributed by atoms with Crippen LogP contribution in [-0.2, 0) is 6.54 Å². The van der Waals surface area contributed by atoms with Crippen molar-refractivity contribution in [2.24, 2.45) is 0 Å². The van der Waals surface area contributed by atoms with Crippen molar-refractivity contribution < 1.29 is 9.15 Å². The second kappa shape index (κ2) is 8.06. The SMILES string of the molecule is COc1ccc2c(CNC(c3ccccc3)c3ccccn3)cc(=O)oc2c1. The van der Waals surface area contributed by atoms with E-state index >= 15 is 0 Å². The third kappa shape index (κ3) is 3.80. The first-order valence-corrected chi connectivity index (χ1v) is 9.04. The summed E-state index contributed by atoms with van der Waals surface area (Å²) in [4.78, 5) is 16.6. The maximum absolute atomic E-state index is 12.0. The maximum Gasteiger partial charge on any atom is 0.336 e. The van der Waals surface area contributed by atoms with E-state index in [-0.39, 0.29) is 11.7 Å². The van der Waals surface area contributed by atoms with Crippen LogP contribution in [0.5, 0.6) is 5.75 Å². The van der Waals surface area contributed by atoms with Crippen LogP contribution in [0.4, 0.5) is 0 Å². The fourth-order valence-corrected chi connectivity index (χ4v) is 3.28. The van der Waals surface area contributed by atoms with Gasteiger partial charge in [0.1, 0.15) is 11.3 Å². The summed E-state index contributed by atoms with van der Waals surface area (Å²) in [5, 5.41) is 4.42. The fraction of sp³-hybridized carbons (Fsp3) is 0.130. The van der Waals surface area contributed by atoms with Crippen molar-refractivity contribution in [3.05, 3.63) is 106 Å². The minimum Gasteiger partial charge on any atom is -0.497 e. The highest BCUT2D eigenvalue weighted by Gasteiger charge is 2.16. The van der Waals surface area contributed by atoms with Crippen LogP contribution >= 0.6 is 0 Å². The van der Waals surface area contributed by atoms with Crippen molar-refractivity contribution in [2.45, 2.75) is 12.6 Å². The molecule has 0 radical (unpaired) electrons. The summed E-state index contributed by atoms with van der Waals surface area (Å²) in [5.74, 6) is 0.649. The Morgan fingerprint density at radius 1 is 1.04 bits per heavy atom. The van der Waals surface area contributed by atoms with Gasteiger partial charge < -0.3 is 14.5 Å². The molecule has 1 atom stereocenters. The predicted molar refractivity (Wildman–Crippen MR) is 108 cm³/mol. The quantitative estimate of drug-likeness (QED) is 0.517. The van der Waals surface area contributed by atoms with Gasteiger partial charge in [0.05, 0.1) is 18.8 Å². The lowest BCUT2D eigenvalue weighted by Gasteiger charge is -2.19. The molecule has 1 unspecified atom stereocenters. The summed E-state index contributed by atoms with van der Waals surface area (Å²) in [5.41, 5.74) is 3.02. The molecule has 5 nitrogen and oxygen atoms in total. The van der Waals surface area contributed by atoms with E-state index in [1.54, 1.807) is 19.4 Å². The highest BCUT2D eigenvalue weighted by molar-refractivity contribution is 5.81. The van der Waals surface area contributed by atoms with E-state index in [1.807, 2.05) is 48.5 Å². The van der Waals surface area contributed by atoms with Gasteiger partial charge in [0, 0.05) is 30.3 Å². The summed E-state index contributed by atoms with van der Waals surface area (Å²) in [6, 6.07) is 22.9. The Morgan fingerprint density at radius 3 is 2.61 bits per heavy atom. The van der Waals surface area contributed by atoms with Crippen LogP contribution in [-0.4, -0.2) is 12.1 Å². The van der Waals surface area contributed by atoms with E-state index in [4.69, 9.17) is 9.15 Å². The van der Waals surface area contributed by atoms with Gasteiger partial charge in [-0.1, -0.05) is 36.4 Å². The summed E-state index contributed by atoms with van der Waals surface area (Å²) >= 11 is 0. The Kier molecular flexibility index (Phi) is 5.17. The normalized spacial score (nSPS) is 12.0. The van der Waals surface area contributed by atoms with Crippen LogP contribution in [0.3, 0.4) is 0 Å². The zero-order valence-corrected chi connectivity index (χ0v) is 15.5. The zero-order valence-electron chi connectivity index (χ0n) is 15.5. The Morgan fingerprint density at radius 2 is 1.86 bits per heavy atom. The predicted octanol–water partition coefficient (Wildman–Crippen LogP) is 4.08. The monoisotopic (exact) mass is 372 g/mol. The standard InChI is InChI=1S/C23H20N2O3/c1-27-18-10-11-19-17(13-22(26)28-21(19)14-18)15-25-23(16-7-3-2-4-8-16)20-9-5-6-12-24-20/h2-14,23,25H,15H2,1H3. The molecule has 0 aliphatic carbocycles. The Labute approximate surface area is 162 Å². The molecular formula is C23H20N2O3. The lowest BCUT2D eigenvalue weighted by Crippen LogP contribution is -2.23. The van der Waals surface area contributed by atoms with Gasteiger partial charge in [-0.2, -0.15) is 0 Å². The molecule has 1 N–H and O–H groups in total. The minimum atomic E-state index is -0.383. The molecule has 0 amide bonds. The molecule has 0 spiro atoms. The molecule has 0 aliphatic heterocycles. The molecule has 0 saturated heterocycles. The second-order valence-electron chi connectivity index (χ2n) is 6.43. The van der Waals surface area contributed by atoms with Crippen LogP contribution in [0.2, 0.25) is 0 Å².